The Morgan fingerprint density at radius 2 is 1.67 bits per heavy atom. The van der Waals surface area contributed by atoms with E-state index in [0.29, 0.717) is 0 Å². The molecule has 0 saturated carbocycles. The van der Waals surface area contributed by atoms with Gasteiger partial charge in [-0.25, -0.2) is 0 Å². The highest BCUT2D eigenvalue weighted by molar-refractivity contribution is 7.99. The Morgan fingerprint density at radius 1 is 1.07 bits per heavy atom. The predicted molar refractivity (Wildman–Crippen MR) is 69.7 cm³/mol. The van der Waals surface area contributed by atoms with E-state index in [4.69, 9.17) is 5.21 Å². The van der Waals surface area contributed by atoms with Crippen LogP contribution in [0.2, 0.25) is 0 Å². The van der Waals surface area contributed by atoms with E-state index >= 15 is 0 Å². The van der Waals surface area contributed by atoms with Gasteiger partial charge in [0.15, 0.2) is 0 Å². The first-order valence-electron chi connectivity index (χ1n) is 6.11. The zero-order valence-corrected chi connectivity index (χ0v) is 11.3. The smallest absolute Gasteiger partial charge is 0.0464 e. The Bertz CT molecular complexity index is 140. The molecule has 2 nitrogen and oxygen atoms in total. The SMILES string of the molecule is CCCCCCCCSCC(C)(C)NO. The zero-order chi connectivity index (χ0) is 11.6. The van der Waals surface area contributed by atoms with Crippen molar-refractivity contribution in [2.75, 3.05) is 11.5 Å². The third-order valence-corrected chi connectivity index (χ3v) is 3.91. The van der Waals surface area contributed by atoms with Crippen LogP contribution >= 0.6 is 11.8 Å². The lowest BCUT2D eigenvalue weighted by molar-refractivity contribution is 0.0943. The van der Waals surface area contributed by atoms with Gasteiger partial charge in [-0.1, -0.05) is 39.0 Å². The fourth-order valence-electron chi connectivity index (χ4n) is 1.34. The molecule has 0 aromatic rings. The number of hydrogen-bond acceptors (Lipinski definition) is 3. The first-order valence-corrected chi connectivity index (χ1v) is 7.27. The van der Waals surface area contributed by atoms with Crippen LogP contribution in [-0.4, -0.2) is 22.3 Å². The van der Waals surface area contributed by atoms with Crippen LogP contribution in [0.3, 0.4) is 0 Å². The van der Waals surface area contributed by atoms with Crippen molar-refractivity contribution in [1.29, 1.82) is 0 Å². The fraction of sp³-hybridized carbons (Fsp3) is 1.00. The molecule has 0 bridgehead atoms. The molecule has 2 N–H and O–H groups in total. The van der Waals surface area contributed by atoms with E-state index in [9.17, 15) is 0 Å². The first-order chi connectivity index (χ1) is 7.12. The zero-order valence-electron chi connectivity index (χ0n) is 10.5. The van der Waals surface area contributed by atoms with Crippen LogP contribution < -0.4 is 5.48 Å². The number of hydroxylamine groups is 1. The van der Waals surface area contributed by atoms with Crippen molar-refractivity contribution in [3.8, 4) is 0 Å². The highest BCUT2D eigenvalue weighted by Gasteiger charge is 2.15. The molecule has 0 aliphatic heterocycles. The van der Waals surface area contributed by atoms with Gasteiger partial charge in [-0.05, 0) is 26.0 Å². The van der Waals surface area contributed by atoms with Gasteiger partial charge in [0.25, 0.3) is 0 Å². The van der Waals surface area contributed by atoms with E-state index in [-0.39, 0.29) is 5.54 Å². The molecule has 0 aliphatic rings. The van der Waals surface area contributed by atoms with Gasteiger partial charge in [0.2, 0.25) is 0 Å². The van der Waals surface area contributed by atoms with E-state index in [1.807, 2.05) is 25.6 Å². The predicted octanol–water partition coefficient (Wildman–Crippen LogP) is 3.84. The standard InChI is InChI=1S/C12H27NOS/c1-4-5-6-7-8-9-10-15-11-12(2,3)13-14/h13-14H,4-11H2,1-3H3. The summed E-state index contributed by atoms with van der Waals surface area (Å²) < 4.78 is 0. The van der Waals surface area contributed by atoms with Crippen molar-refractivity contribution in [3.63, 3.8) is 0 Å². The van der Waals surface area contributed by atoms with Gasteiger partial charge in [-0.2, -0.15) is 17.2 Å². The molecule has 0 amide bonds. The molecular formula is C12H27NOS. The molecule has 0 atom stereocenters. The number of nitrogens with one attached hydrogen (secondary N) is 1. The normalized spacial score (nSPS) is 12.0. The molecule has 15 heavy (non-hydrogen) atoms. The third kappa shape index (κ3) is 10.6. The van der Waals surface area contributed by atoms with Crippen molar-refractivity contribution in [3.05, 3.63) is 0 Å². The molecule has 3 heteroatoms. The lowest BCUT2D eigenvalue weighted by Gasteiger charge is -2.21. The summed E-state index contributed by atoms with van der Waals surface area (Å²) in [6, 6.07) is 0. The number of unbranched alkanes of at least 4 members (excludes halogenated alkanes) is 5. The van der Waals surface area contributed by atoms with Crippen LogP contribution in [0.5, 0.6) is 0 Å². The Morgan fingerprint density at radius 3 is 2.27 bits per heavy atom. The maximum Gasteiger partial charge on any atom is 0.0464 e. The van der Waals surface area contributed by atoms with E-state index in [2.05, 4.69) is 12.4 Å². The third-order valence-electron chi connectivity index (χ3n) is 2.41. The molecular weight excluding hydrogens is 206 g/mol. The molecule has 0 saturated heterocycles. The van der Waals surface area contributed by atoms with Gasteiger partial charge in [0, 0.05) is 11.3 Å². The molecule has 0 rings (SSSR count). The summed E-state index contributed by atoms with van der Waals surface area (Å²) in [7, 11) is 0. The summed E-state index contributed by atoms with van der Waals surface area (Å²) in [5, 5.41) is 8.83. The minimum absolute atomic E-state index is 0.146. The van der Waals surface area contributed by atoms with Gasteiger partial charge in [0.1, 0.15) is 0 Å². The highest BCUT2D eigenvalue weighted by atomic mass is 32.2. The van der Waals surface area contributed by atoms with Crippen LogP contribution in [0.15, 0.2) is 0 Å². The Kier molecular flexibility index (Phi) is 9.66. The summed E-state index contributed by atoms with van der Waals surface area (Å²) >= 11 is 1.93. The molecule has 0 unspecified atom stereocenters. The van der Waals surface area contributed by atoms with Gasteiger partial charge in [0.05, 0.1) is 0 Å². The van der Waals surface area contributed by atoms with Gasteiger partial charge in [-0.15, -0.1) is 0 Å². The maximum absolute atomic E-state index is 8.83. The minimum Gasteiger partial charge on any atom is -0.316 e. The van der Waals surface area contributed by atoms with Crippen LogP contribution in [0.4, 0.5) is 0 Å². The maximum atomic E-state index is 8.83. The minimum atomic E-state index is -0.146. The second-order valence-electron chi connectivity index (χ2n) is 4.82. The number of thioether (sulfide) groups is 1. The average molecular weight is 233 g/mol. The first kappa shape index (κ1) is 15.3. The van der Waals surface area contributed by atoms with E-state index < -0.39 is 0 Å². The van der Waals surface area contributed by atoms with E-state index in [1.165, 1.54) is 44.3 Å². The molecule has 0 radical (unpaired) electrons. The van der Waals surface area contributed by atoms with Gasteiger partial charge in [-0.3, -0.25) is 0 Å². The van der Waals surface area contributed by atoms with Crippen molar-refractivity contribution in [2.24, 2.45) is 0 Å². The topological polar surface area (TPSA) is 32.3 Å². The number of hydrogen-bond donors (Lipinski definition) is 2. The van der Waals surface area contributed by atoms with E-state index in [1.54, 1.807) is 0 Å². The second kappa shape index (κ2) is 9.49. The quantitative estimate of drug-likeness (QED) is 0.444. The van der Waals surface area contributed by atoms with Crippen molar-refractivity contribution >= 4 is 11.8 Å². The monoisotopic (exact) mass is 233 g/mol. The Balaban J connectivity index is 3.11. The van der Waals surface area contributed by atoms with Crippen molar-refractivity contribution in [1.82, 2.24) is 5.48 Å². The van der Waals surface area contributed by atoms with Gasteiger partial charge < -0.3 is 5.21 Å². The largest absolute Gasteiger partial charge is 0.316 e. The summed E-state index contributed by atoms with van der Waals surface area (Å²) in [5.41, 5.74) is 2.19. The van der Waals surface area contributed by atoms with E-state index in [0.717, 1.165) is 5.75 Å². The molecule has 0 aliphatic carbocycles. The van der Waals surface area contributed by atoms with Crippen molar-refractivity contribution in [2.45, 2.75) is 64.8 Å². The number of rotatable bonds is 10. The molecule has 0 spiro atoms. The fourth-order valence-corrected chi connectivity index (χ4v) is 2.47. The van der Waals surface area contributed by atoms with Crippen LogP contribution in [-0.2, 0) is 0 Å². The summed E-state index contributed by atoms with van der Waals surface area (Å²) in [6.45, 7) is 6.28. The second-order valence-corrected chi connectivity index (χ2v) is 5.92. The van der Waals surface area contributed by atoms with Gasteiger partial charge >= 0.3 is 0 Å². The summed E-state index contributed by atoms with van der Waals surface area (Å²) in [5.74, 6) is 2.19. The van der Waals surface area contributed by atoms with Crippen molar-refractivity contribution < 1.29 is 5.21 Å². The van der Waals surface area contributed by atoms with Crippen LogP contribution in [0.25, 0.3) is 0 Å². The Hall–Kier alpha value is 0.270. The lowest BCUT2D eigenvalue weighted by Crippen LogP contribution is -2.39. The Labute approximate surface area is 99.2 Å². The lowest BCUT2D eigenvalue weighted by atomic mass is 10.1. The molecule has 0 aromatic carbocycles. The average Bonchev–Trinajstić information content (AvgIpc) is 2.22. The highest BCUT2D eigenvalue weighted by Crippen LogP contribution is 2.14. The summed E-state index contributed by atoms with van der Waals surface area (Å²) in [4.78, 5) is 0. The molecule has 0 aromatic heterocycles. The molecule has 92 valence electrons. The summed E-state index contributed by atoms with van der Waals surface area (Å²) in [6.07, 6.45) is 8.16. The molecule has 0 fully saturated rings. The molecule has 0 heterocycles. The van der Waals surface area contributed by atoms with Crippen LogP contribution in [0, 0.1) is 0 Å². The van der Waals surface area contributed by atoms with Crippen LogP contribution in [0.1, 0.15) is 59.3 Å².